The van der Waals surface area contributed by atoms with E-state index in [0.717, 1.165) is 17.9 Å². The van der Waals surface area contributed by atoms with Crippen LogP contribution < -0.4 is 5.32 Å². The maximum Gasteiger partial charge on any atom is 0.233 e. The average molecular weight is 296 g/mol. The molecule has 4 nitrogen and oxygen atoms in total. The van der Waals surface area contributed by atoms with Crippen LogP contribution in [0.3, 0.4) is 0 Å². The van der Waals surface area contributed by atoms with Crippen molar-refractivity contribution in [3.05, 3.63) is 24.4 Å². The molecule has 0 aliphatic heterocycles. The van der Waals surface area contributed by atoms with Gasteiger partial charge < -0.3 is 10.4 Å². The SMILES string of the molecule is CCC(CC)C(O)CNC(=O)C(C)Sc1ccccn1. The lowest BCUT2D eigenvalue weighted by atomic mass is 9.96. The summed E-state index contributed by atoms with van der Waals surface area (Å²) in [6, 6.07) is 5.63. The Bertz CT molecular complexity index is 396. The molecular weight excluding hydrogens is 272 g/mol. The number of aromatic nitrogens is 1. The summed E-state index contributed by atoms with van der Waals surface area (Å²) in [7, 11) is 0. The Morgan fingerprint density at radius 3 is 2.65 bits per heavy atom. The molecule has 0 aliphatic rings. The Balaban J connectivity index is 2.38. The van der Waals surface area contributed by atoms with Crippen LogP contribution in [0.15, 0.2) is 29.4 Å². The van der Waals surface area contributed by atoms with Crippen LogP contribution in [0.4, 0.5) is 0 Å². The predicted molar refractivity (Wildman–Crippen MR) is 82.6 cm³/mol. The highest BCUT2D eigenvalue weighted by Crippen LogP contribution is 2.20. The zero-order valence-corrected chi connectivity index (χ0v) is 13.2. The minimum Gasteiger partial charge on any atom is -0.391 e. The van der Waals surface area contributed by atoms with E-state index in [-0.39, 0.29) is 17.1 Å². The summed E-state index contributed by atoms with van der Waals surface area (Å²) in [5, 5.41) is 13.4. The molecule has 0 aromatic carbocycles. The van der Waals surface area contributed by atoms with Crippen LogP contribution in [0.5, 0.6) is 0 Å². The fourth-order valence-electron chi connectivity index (χ4n) is 2.00. The van der Waals surface area contributed by atoms with Crippen molar-refractivity contribution in [3.63, 3.8) is 0 Å². The molecule has 0 aliphatic carbocycles. The van der Waals surface area contributed by atoms with Gasteiger partial charge in [-0.2, -0.15) is 0 Å². The number of aliphatic hydroxyl groups is 1. The topological polar surface area (TPSA) is 62.2 Å². The molecule has 0 spiro atoms. The van der Waals surface area contributed by atoms with E-state index in [0.29, 0.717) is 6.54 Å². The van der Waals surface area contributed by atoms with E-state index in [4.69, 9.17) is 0 Å². The second-order valence-corrected chi connectivity index (χ2v) is 6.18. The second kappa shape index (κ2) is 8.97. The molecule has 1 rings (SSSR count). The molecule has 0 saturated heterocycles. The summed E-state index contributed by atoms with van der Waals surface area (Å²) in [5.74, 6) is 0.180. The molecule has 2 unspecified atom stereocenters. The summed E-state index contributed by atoms with van der Waals surface area (Å²) in [5.41, 5.74) is 0. The number of aliphatic hydroxyl groups excluding tert-OH is 1. The average Bonchev–Trinajstić information content (AvgIpc) is 2.47. The van der Waals surface area contributed by atoms with Crippen LogP contribution in [0.1, 0.15) is 33.6 Å². The number of hydrogen-bond acceptors (Lipinski definition) is 4. The maximum absolute atomic E-state index is 12.0. The second-order valence-electron chi connectivity index (χ2n) is 4.82. The van der Waals surface area contributed by atoms with Crippen LogP contribution >= 0.6 is 11.8 Å². The molecule has 1 aromatic heterocycles. The first kappa shape index (κ1) is 17.0. The van der Waals surface area contributed by atoms with Crippen molar-refractivity contribution in [3.8, 4) is 0 Å². The molecule has 1 amide bonds. The van der Waals surface area contributed by atoms with Crippen molar-refractivity contribution in [2.75, 3.05) is 6.54 Å². The molecule has 1 heterocycles. The number of carbonyl (C=O) groups is 1. The third-order valence-corrected chi connectivity index (χ3v) is 4.43. The van der Waals surface area contributed by atoms with Gasteiger partial charge in [0.1, 0.15) is 0 Å². The Labute approximate surface area is 125 Å². The molecule has 0 bridgehead atoms. The van der Waals surface area contributed by atoms with Crippen LogP contribution in [0.2, 0.25) is 0 Å². The Morgan fingerprint density at radius 2 is 2.10 bits per heavy atom. The summed E-state index contributed by atoms with van der Waals surface area (Å²) >= 11 is 1.42. The fourth-order valence-corrected chi connectivity index (χ4v) is 2.83. The van der Waals surface area contributed by atoms with Crippen molar-refractivity contribution < 1.29 is 9.90 Å². The lowest BCUT2D eigenvalue weighted by Crippen LogP contribution is -2.39. The standard InChI is InChI=1S/C15H24N2O2S/c1-4-12(5-2)13(18)10-17-15(19)11(3)20-14-8-6-7-9-16-14/h6-9,11-13,18H,4-5,10H2,1-3H3,(H,17,19). The minimum absolute atomic E-state index is 0.0642. The van der Waals surface area contributed by atoms with Gasteiger partial charge >= 0.3 is 0 Å². The number of carbonyl (C=O) groups excluding carboxylic acids is 1. The number of nitrogens with one attached hydrogen (secondary N) is 1. The van der Waals surface area contributed by atoms with Gasteiger partial charge in [0.2, 0.25) is 5.91 Å². The van der Waals surface area contributed by atoms with E-state index in [1.54, 1.807) is 6.20 Å². The monoisotopic (exact) mass is 296 g/mol. The zero-order chi connectivity index (χ0) is 15.0. The van der Waals surface area contributed by atoms with Crippen LogP contribution in [-0.2, 0) is 4.79 Å². The van der Waals surface area contributed by atoms with Gasteiger partial charge in [-0.3, -0.25) is 4.79 Å². The highest BCUT2D eigenvalue weighted by Gasteiger charge is 2.19. The number of thioether (sulfide) groups is 1. The quantitative estimate of drug-likeness (QED) is 0.723. The van der Waals surface area contributed by atoms with Gasteiger partial charge in [0.15, 0.2) is 0 Å². The third-order valence-electron chi connectivity index (χ3n) is 3.38. The van der Waals surface area contributed by atoms with E-state index in [9.17, 15) is 9.90 Å². The van der Waals surface area contributed by atoms with Gasteiger partial charge in [-0.05, 0) is 25.0 Å². The Hall–Kier alpha value is -1.07. The van der Waals surface area contributed by atoms with E-state index in [1.165, 1.54) is 11.8 Å². The maximum atomic E-state index is 12.0. The van der Waals surface area contributed by atoms with Gasteiger partial charge in [-0.15, -0.1) is 0 Å². The van der Waals surface area contributed by atoms with Gasteiger partial charge in [0, 0.05) is 12.7 Å². The Kier molecular flexibility index (Phi) is 7.62. The summed E-state index contributed by atoms with van der Waals surface area (Å²) in [6.07, 6.45) is 3.09. The molecule has 2 atom stereocenters. The molecule has 1 aromatic rings. The molecule has 112 valence electrons. The first-order valence-corrected chi connectivity index (χ1v) is 7.99. The zero-order valence-electron chi connectivity index (χ0n) is 12.4. The Morgan fingerprint density at radius 1 is 1.40 bits per heavy atom. The molecule has 5 heteroatoms. The number of nitrogens with zero attached hydrogens (tertiary/aromatic N) is 1. The molecule has 0 radical (unpaired) electrons. The normalized spacial score (nSPS) is 14.1. The van der Waals surface area contributed by atoms with Gasteiger partial charge in [-0.25, -0.2) is 4.98 Å². The van der Waals surface area contributed by atoms with Gasteiger partial charge in [0.05, 0.1) is 16.4 Å². The molecule has 0 saturated carbocycles. The first-order valence-electron chi connectivity index (χ1n) is 7.11. The summed E-state index contributed by atoms with van der Waals surface area (Å²) in [4.78, 5) is 16.2. The number of hydrogen-bond donors (Lipinski definition) is 2. The van der Waals surface area contributed by atoms with Crippen molar-refractivity contribution >= 4 is 17.7 Å². The number of rotatable bonds is 8. The lowest BCUT2D eigenvalue weighted by molar-refractivity contribution is -0.120. The van der Waals surface area contributed by atoms with Gasteiger partial charge in [-0.1, -0.05) is 44.5 Å². The van der Waals surface area contributed by atoms with Crippen LogP contribution in [0.25, 0.3) is 0 Å². The number of pyridine rings is 1. The molecule has 20 heavy (non-hydrogen) atoms. The van der Waals surface area contributed by atoms with Crippen molar-refractivity contribution in [1.29, 1.82) is 0 Å². The van der Waals surface area contributed by atoms with Crippen LogP contribution in [0, 0.1) is 5.92 Å². The minimum atomic E-state index is -0.471. The smallest absolute Gasteiger partial charge is 0.233 e. The molecule has 2 N–H and O–H groups in total. The lowest BCUT2D eigenvalue weighted by Gasteiger charge is -2.21. The summed E-state index contributed by atoms with van der Waals surface area (Å²) in [6.45, 7) is 6.27. The highest BCUT2D eigenvalue weighted by molar-refractivity contribution is 8.00. The van der Waals surface area contributed by atoms with Gasteiger partial charge in [0.25, 0.3) is 0 Å². The highest BCUT2D eigenvalue weighted by atomic mass is 32.2. The van der Waals surface area contributed by atoms with Crippen LogP contribution in [-0.4, -0.2) is 33.9 Å². The van der Waals surface area contributed by atoms with E-state index < -0.39 is 6.10 Å². The largest absolute Gasteiger partial charge is 0.391 e. The van der Waals surface area contributed by atoms with E-state index in [2.05, 4.69) is 24.1 Å². The van der Waals surface area contributed by atoms with E-state index >= 15 is 0 Å². The van der Waals surface area contributed by atoms with Crippen molar-refractivity contribution in [2.45, 2.75) is 50.0 Å². The van der Waals surface area contributed by atoms with Crippen molar-refractivity contribution in [2.24, 2.45) is 5.92 Å². The molecule has 0 fully saturated rings. The summed E-state index contributed by atoms with van der Waals surface area (Å²) < 4.78 is 0. The first-order chi connectivity index (χ1) is 9.58. The third kappa shape index (κ3) is 5.51. The molecular formula is C15H24N2O2S. The van der Waals surface area contributed by atoms with Crippen molar-refractivity contribution in [1.82, 2.24) is 10.3 Å². The number of amides is 1. The predicted octanol–water partition coefficient (Wildman–Crippen LogP) is 2.48. The van der Waals surface area contributed by atoms with E-state index in [1.807, 2.05) is 25.1 Å². The fraction of sp³-hybridized carbons (Fsp3) is 0.600.